The third-order valence-electron chi connectivity index (χ3n) is 1.26. The molecule has 1 rings (SSSR count). The minimum Gasteiger partial charge on any atom is -0.205 e. The average Bonchev–Trinajstić information content (AvgIpc) is 1.91. The molecule has 0 radical (unpaired) electrons. The molecular weight excluding hydrogens is 190 g/mol. The molecule has 2 heteroatoms. The van der Waals surface area contributed by atoms with Crippen molar-refractivity contribution < 1.29 is 4.57 Å². The molecule has 0 spiro atoms. The molecule has 0 bridgehead atoms. The van der Waals surface area contributed by atoms with Crippen molar-refractivity contribution in [2.45, 2.75) is 19.9 Å². The van der Waals surface area contributed by atoms with Crippen LogP contribution in [0.3, 0.4) is 0 Å². The number of nitrogens with zero attached hydrogens (tertiary/aromatic N) is 1. The highest BCUT2D eigenvalue weighted by molar-refractivity contribution is 8.93. The normalized spacial score (nSPS) is 8.50. The maximum atomic E-state index is 2.18. The predicted octanol–water partition coefficient (Wildman–Crippen LogP) is 1.96. The number of aryl methyl sites for hydroxylation is 1. The first-order valence-electron chi connectivity index (χ1n) is 3.37. The summed E-state index contributed by atoms with van der Waals surface area (Å²) in [5, 5.41) is 0. The fourth-order valence-electron chi connectivity index (χ4n) is 0.842. The second-order valence-electron chi connectivity index (χ2n) is 2.11. The zero-order chi connectivity index (χ0) is 6.53. The largest absolute Gasteiger partial charge is 0.205 e. The van der Waals surface area contributed by atoms with Crippen molar-refractivity contribution in [3.05, 3.63) is 30.6 Å². The van der Waals surface area contributed by atoms with Gasteiger partial charge in [-0.05, 0) is 0 Å². The van der Waals surface area contributed by atoms with Crippen LogP contribution in [0.5, 0.6) is 0 Å². The summed E-state index contributed by atoms with van der Waals surface area (Å²) in [5.74, 6) is 0. The van der Waals surface area contributed by atoms with Crippen LogP contribution in [0, 0.1) is 0 Å². The van der Waals surface area contributed by atoms with Crippen LogP contribution in [0.25, 0.3) is 0 Å². The molecule has 0 atom stereocenters. The predicted molar refractivity (Wildman–Crippen MR) is 47.3 cm³/mol. The minimum atomic E-state index is 0. The molecule has 0 saturated carbocycles. The standard InChI is InChI=1S/C8H12N.BrH/c1-2-6-9-7-4-3-5-8-9;/h3-5,7-8H,2,6H2,1H3;1H/q+1;. The van der Waals surface area contributed by atoms with Gasteiger partial charge in [0.25, 0.3) is 0 Å². The lowest BCUT2D eigenvalue weighted by molar-refractivity contribution is -0.697. The van der Waals surface area contributed by atoms with E-state index in [1.807, 2.05) is 6.07 Å². The van der Waals surface area contributed by atoms with E-state index in [0.29, 0.717) is 0 Å². The van der Waals surface area contributed by atoms with Gasteiger partial charge in [-0.25, -0.2) is 4.57 Å². The van der Waals surface area contributed by atoms with Gasteiger partial charge in [0.15, 0.2) is 12.4 Å². The summed E-state index contributed by atoms with van der Waals surface area (Å²) in [6, 6.07) is 6.14. The maximum Gasteiger partial charge on any atom is 0.168 e. The highest BCUT2D eigenvalue weighted by Gasteiger charge is 1.90. The van der Waals surface area contributed by atoms with E-state index in [-0.39, 0.29) is 17.0 Å². The molecule has 1 aromatic heterocycles. The summed E-state index contributed by atoms with van der Waals surface area (Å²) in [7, 11) is 0. The van der Waals surface area contributed by atoms with Gasteiger partial charge in [-0.1, -0.05) is 13.0 Å². The molecule has 0 amide bonds. The topological polar surface area (TPSA) is 3.88 Å². The number of rotatable bonds is 2. The summed E-state index contributed by atoms with van der Waals surface area (Å²) in [4.78, 5) is 0. The van der Waals surface area contributed by atoms with Gasteiger partial charge in [0.05, 0.1) is 0 Å². The summed E-state index contributed by atoms with van der Waals surface area (Å²) >= 11 is 0. The number of hydrogen-bond acceptors (Lipinski definition) is 0. The molecule has 0 saturated heterocycles. The van der Waals surface area contributed by atoms with Gasteiger partial charge in [-0.15, -0.1) is 17.0 Å². The molecule has 0 aliphatic heterocycles. The molecular formula is C8H13BrN+. The van der Waals surface area contributed by atoms with Crippen molar-refractivity contribution in [3.63, 3.8) is 0 Å². The van der Waals surface area contributed by atoms with Crippen molar-refractivity contribution >= 4 is 17.0 Å². The zero-order valence-electron chi connectivity index (χ0n) is 6.16. The lowest BCUT2D eigenvalue weighted by atomic mass is 10.4. The van der Waals surface area contributed by atoms with Crippen LogP contribution in [0.1, 0.15) is 13.3 Å². The molecule has 1 aromatic rings. The summed E-state index contributed by atoms with van der Waals surface area (Å²) < 4.78 is 2.18. The Balaban J connectivity index is 0.000000810. The lowest BCUT2D eigenvalue weighted by Crippen LogP contribution is -2.31. The molecule has 0 aliphatic rings. The van der Waals surface area contributed by atoms with Crippen molar-refractivity contribution in [2.24, 2.45) is 0 Å². The average molecular weight is 203 g/mol. The Labute approximate surface area is 72.5 Å². The third-order valence-corrected chi connectivity index (χ3v) is 1.26. The fraction of sp³-hybridized carbons (Fsp3) is 0.375. The first-order valence-corrected chi connectivity index (χ1v) is 3.37. The van der Waals surface area contributed by atoms with Crippen LogP contribution < -0.4 is 4.57 Å². The Kier molecular flexibility index (Phi) is 5.22. The van der Waals surface area contributed by atoms with Gasteiger partial charge in [0.2, 0.25) is 0 Å². The number of halogens is 1. The van der Waals surface area contributed by atoms with E-state index in [4.69, 9.17) is 0 Å². The quantitative estimate of drug-likeness (QED) is 0.647. The van der Waals surface area contributed by atoms with Crippen LogP contribution in [-0.4, -0.2) is 0 Å². The number of aromatic nitrogens is 1. The Morgan fingerprint density at radius 3 is 2.20 bits per heavy atom. The molecule has 0 fully saturated rings. The van der Waals surface area contributed by atoms with Crippen LogP contribution in [-0.2, 0) is 6.54 Å². The maximum absolute atomic E-state index is 2.18. The van der Waals surface area contributed by atoms with Gasteiger partial charge in [0.1, 0.15) is 6.54 Å². The molecule has 0 N–H and O–H groups in total. The first kappa shape index (κ1) is 9.63. The second kappa shape index (κ2) is 5.42. The third kappa shape index (κ3) is 2.97. The lowest BCUT2D eigenvalue weighted by Gasteiger charge is -1.88. The zero-order valence-corrected chi connectivity index (χ0v) is 7.87. The Bertz CT molecular complexity index is 162. The van der Waals surface area contributed by atoms with Gasteiger partial charge >= 0.3 is 0 Å². The van der Waals surface area contributed by atoms with Crippen molar-refractivity contribution in [3.8, 4) is 0 Å². The van der Waals surface area contributed by atoms with E-state index >= 15 is 0 Å². The summed E-state index contributed by atoms with van der Waals surface area (Å²) in [5.41, 5.74) is 0. The fourth-order valence-corrected chi connectivity index (χ4v) is 0.842. The Hall–Kier alpha value is -0.370. The van der Waals surface area contributed by atoms with E-state index in [1.165, 1.54) is 6.42 Å². The van der Waals surface area contributed by atoms with Crippen molar-refractivity contribution in [1.29, 1.82) is 0 Å². The van der Waals surface area contributed by atoms with E-state index in [9.17, 15) is 0 Å². The van der Waals surface area contributed by atoms with Gasteiger partial charge in [0, 0.05) is 18.6 Å². The van der Waals surface area contributed by atoms with Crippen LogP contribution >= 0.6 is 17.0 Å². The van der Waals surface area contributed by atoms with E-state index in [1.54, 1.807) is 0 Å². The molecule has 1 heterocycles. The van der Waals surface area contributed by atoms with E-state index in [2.05, 4.69) is 36.0 Å². The first-order chi connectivity index (χ1) is 4.43. The molecule has 0 unspecified atom stereocenters. The highest BCUT2D eigenvalue weighted by Crippen LogP contribution is 1.78. The summed E-state index contributed by atoms with van der Waals surface area (Å²) in [6.07, 6.45) is 5.38. The monoisotopic (exact) mass is 202 g/mol. The smallest absolute Gasteiger partial charge is 0.168 e. The van der Waals surface area contributed by atoms with Crippen LogP contribution in [0.15, 0.2) is 30.6 Å². The molecule has 0 aromatic carbocycles. The minimum absolute atomic E-state index is 0. The highest BCUT2D eigenvalue weighted by atomic mass is 79.9. The Morgan fingerprint density at radius 1 is 1.10 bits per heavy atom. The molecule has 1 nitrogen and oxygen atoms in total. The van der Waals surface area contributed by atoms with E-state index in [0.717, 1.165) is 6.54 Å². The second-order valence-corrected chi connectivity index (χ2v) is 2.11. The van der Waals surface area contributed by atoms with Gasteiger partial charge in [-0.3, -0.25) is 0 Å². The van der Waals surface area contributed by atoms with Gasteiger partial charge in [-0.2, -0.15) is 0 Å². The SMILES string of the molecule is Br.CCC[n+]1ccccc1. The summed E-state index contributed by atoms with van der Waals surface area (Å²) in [6.45, 7) is 3.31. The van der Waals surface area contributed by atoms with Gasteiger partial charge < -0.3 is 0 Å². The van der Waals surface area contributed by atoms with Crippen molar-refractivity contribution in [2.75, 3.05) is 0 Å². The van der Waals surface area contributed by atoms with Crippen LogP contribution in [0.2, 0.25) is 0 Å². The van der Waals surface area contributed by atoms with E-state index < -0.39 is 0 Å². The number of pyridine rings is 1. The van der Waals surface area contributed by atoms with Crippen LogP contribution in [0.4, 0.5) is 0 Å². The Morgan fingerprint density at radius 2 is 1.70 bits per heavy atom. The molecule has 10 heavy (non-hydrogen) atoms. The van der Waals surface area contributed by atoms with Crippen molar-refractivity contribution in [1.82, 2.24) is 0 Å². The molecule has 56 valence electrons. The molecule has 0 aliphatic carbocycles. The number of hydrogen-bond donors (Lipinski definition) is 0.